The molecule has 0 amide bonds. The number of hydrogen-bond acceptors (Lipinski definition) is 0. The van der Waals surface area contributed by atoms with Crippen molar-refractivity contribution in [3.63, 3.8) is 0 Å². The van der Waals surface area contributed by atoms with E-state index in [2.05, 4.69) is 0 Å². The quantitative estimate of drug-likeness (QED) is 0.305. The molecule has 3 saturated carbocycles. The van der Waals surface area contributed by atoms with E-state index >= 15 is 0 Å². The van der Waals surface area contributed by atoms with Crippen molar-refractivity contribution >= 4 is 0 Å². The highest BCUT2D eigenvalue weighted by Gasteiger charge is 2.31. The Kier molecular flexibility index (Phi) is 7.81. The zero-order valence-electron chi connectivity index (χ0n) is 18.5. The summed E-state index contributed by atoms with van der Waals surface area (Å²) in [5.74, 6) is 0.361. The minimum atomic E-state index is -1.34. The second-order valence-corrected chi connectivity index (χ2v) is 10.6. The lowest BCUT2D eigenvalue weighted by Gasteiger charge is -2.38. The third-order valence-corrected chi connectivity index (χ3v) is 8.76. The fraction of sp³-hybridized carbons (Fsp3) is 0.778. The first-order chi connectivity index (χ1) is 14.6. The van der Waals surface area contributed by atoms with Gasteiger partial charge in [-0.15, -0.1) is 0 Å². The van der Waals surface area contributed by atoms with Crippen LogP contribution >= 0.6 is 0 Å². The molecule has 3 aliphatic carbocycles. The van der Waals surface area contributed by atoms with Gasteiger partial charge in [0.05, 0.1) is 0 Å². The van der Waals surface area contributed by atoms with Crippen molar-refractivity contribution < 1.29 is 13.2 Å². The Bertz CT molecular complexity index is 640. The molecule has 4 rings (SSSR count). The highest BCUT2D eigenvalue weighted by Crippen LogP contribution is 2.45. The lowest BCUT2D eigenvalue weighted by Crippen LogP contribution is -2.25. The normalized spacial score (nSPS) is 30.6. The Balaban J connectivity index is 1.15. The predicted octanol–water partition coefficient (Wildman–Crippen LogP) is 8.93. The van der Waals surface area contributed by atoms with Gasteiger partial charge in [0, 0.05) is 0 Å². The maximum absolute atomic E-state index is 13.6. The maximum atomic E-state index is 13.6. The first-order valence-corrected chi connectivity index (χ1v) is 12.7. The number of halogens is 3. The molecular weight excluding hydrogens is 381 g/mol. The largest absolute Gasteiger partial charge is 0.204 e. The molecule has 3 heteroatoms. The standard InChI is InChI=1S/C27H39F3/c28-25-17-24(18-26(29)27(25)30)23-15-13-22(14-16-23)21-11-9-20(10-12-21)8-4-3-7-19-5-1-2-6-19/h17-23H,1-16H2/t20-,21-,22-,23-. The summed E-state index contributed by atoms with van der Waals surface area (Å²) in [6.45, 7) is 0. The SMILES string of the molecule is Fc1cc([C@H]2CC[C@H]([C@H]3CC[C@H](CCCCC4CCCC4)CC3)CC2)cc(F)c1F. The van der Waals surface area contributed by atoms with Gasteiger partial charge >= 0.3 is 0 Å². The molecule has 0 saturated heterocycles. The summed E-state index contributed by atoms with van der Waals surface area (Å²) in [4.78, 5) is 0. The van der Waals surface area contributed by atoms with Crippen molar-refractivity contribution in [2.24, 2.45) is 23.7 Å². The van der Waals surface area contributed by atoms with Gasteiger partial charge in [-0.3, -0.25) is 0 Å². The fourth-order valence-electron chi connectivity index (χ4n) is 6.85. The van der Waals surface area contributed by atoms with E-state index in [1.165, 1.54) is 89.2 Å². The zero-order valence-corrected chi connectivity index (χ0v) is 18.5. The molecule has 3 aliphatic rings. The van der Waals surface area contributed by atoms with E-state index in [-0.39, 0.29) is 5.92 Å². The molecule has 0 aromatic heterocycles. The third kappa shape index (κ3) is 5.62. The van der Waals surface area contributed by atoms with E-state index in [0.717, 1.165) is 49.4 Å². The summed E-state index contributed by atoms with van der Waals surface area (Å²) in [5, 5.41) is 0. The minimum absolute atomic E-state index is 0.182. The molecule has 0 heterocycles. The molecule has 1 aromatic carbocycles. The molecule has 0 radical (unpaired) electrons. The molecule has 0 bridgehead atoms. The molecule has 30 heavy (non-hydrogen) atoms. The van der Waals surface area contributed by atoms with Crippen LogP contribution in [0.15, 0.2) is 12.1 Å². The molecule has 0 aliphatic heterocycles. The Hall–Kier alpha value is -0.990. The Labute approximate surface area is 181 Å². The van der Waals surface area contributed by atoms with Crippen LogP contribution in [-0.2, 0) is 0 Å². The van der Waals surface area contributed by atoms with Crippen LogP contribution in [0.2, 0.25) is 0 Å². The summed E-state index contributed by atoms with van der Waals surface area (Å²) in [6, 6.07) is 2.42. The molecular formula is C27H39F3. The number of benzene rings is 1. The van der Waals surface area contributed by atoms with Crippen LogP contribution in [0.25, 0.3) is 0 Å². The molecule has 1 aromatic rings. The van der Waals surface area contributed by atoms with Crippen molar-refractivity contribution in [3.8, 4) is 0 Å². The van der Waals surface area contributed by atoms with Gasteiger partial charge in [0.15, 0.2) is 17.5 Å². The smallest absolute Gasteiger partial charge is 0.194 e. The number of hydrogen-bond donors (Lipinski definition) is 0. The lowest BCUT2D eigenvalue weighted by atomic mass is 9.68. The predicted molar refractivity (Wildman–Crippen MR) is 117 cm³/mol. The van der Waals surface area contributed by atoms with Crippen molar-refractivity contribution in [1.82, 2.24) is 0 Å². The van der Waals surface area contributed by atoms with Gasteiger partial charge in [0.2, 0.25) is 0 Å². The summed E-state index contributed by atoms with van der Waals surface area (Å²) in [7, 11) is 0. The molecule has 0 N–H and O–H groups in total. The molecule has 168 valence electrons. The minimum Gasteiger partial charge on any atom is -0.204 e. The van der Waals surface area contributed by atoms with Crippen molar-refractivity contribution in [2.45, 2.75) is 109 Å². The summed E-state index contributed by atoms with van der Waals surface area (Å²) >= 11 is 0. The van der Waals surface area contributed by atoms with Gasteiger partial charge in [-0.2, -0.15) is 0 Å². The number of rotatable bonds is 7. The van der Waals surface area contributed by atoms with E-state index in [4.69, 9.17) is 0 Å². The van der Waals surface area contributed by atoms with Crippen molar-refractivity contribution in [3.05, 3.63) is 35.1 Å². The first-order valence-electron chi connectivity index (χ1n) is 12.7. The van der Waals surface area contributed by atoms with Crippen LogP contribution in [0.4, 0.5) is 13.2 Å². The summed E-state index contributed by atoms with van der Waals surface area (Å²) in [6.07, 6.45) is 21.5. The molecule has 3 fully saturated rings. The fourth-order valence-corrected chi connectivity index (χ4v) is 6.85. The van der Waals surface area contributed by atoms with Crippen molar-refractivity contribution in [1.29, 1.82) is 0 Å². The van der Waals surface area contributed by atoms with Gasteiger partial charge in [-0.1, -0.05) is 64.2 Å². The van der Waals surface area contributed by atoms with E-state index in [1.54, 1.807) is 0 Å². The van der Waals surface area contributed by atoms with E-state index in [9.17, 15) is 13.2 Å². The molecule has 0 nitrogen and oxygen atoms in total. The maximum Gasteiger partial charge on any atom is 0.194 e. The van der Waals surface area contributed by atoms with Gasteiger partial charge < -0.3 is 0 Å². The van der Waals surface area contributed by atoms with Gasteiger partial charge in [0.25, 0.3) is 0 Å². The highest BCUT2D eigenvalue weighted by atomic mass is 19.2. The van der Waals surface area contributed by atoms with Crippen LogP contribution in [0.3, 0.4) is 0 Å². The second-order valence-electron chi connectivity index (χ2n) is 10.6. The second kappa shape index (κ2) is 10.6. The van der Waals surface area contributed by atoms with Gasteiger partial charge in [-0.25, -0.2) is 13.2 Å². The molecule has 0 atom stereocenters. The lowest BCUT2D eigenvalue weighted by molar-refractivity contribution is 0.155. The van der Waals surface area contributed by atoms with Crippen LogP contribution in [-0.4, -0.2) is 0 Å². The van der Waals surface area contributed by atoms with Crippen LogP contribution in [0.1, 0.15) is 114 Å². The summed E-state index contributed by atoms with van der Waals surface area (Å²) < 4.78 is 40.4. The molecule has 0 spiro atoms. The zero-order chi connectivity index (χ0) is 20.9. The number of unbranched alkanes of at least 4 members (excludes halogenated alkanes) is 1. The summed E-state index contributed by atoms with van der Waals surface area (Å²) in [5.41, 5.74) is 0.645. The van der Waals surface area contributed by atoms with Gasteiger partial charge in [0.1, 0.15) is 0 Å². The Morgan fingerprint density at radius 1 is 0.600 bits per heavy atom. The van der Waals surface area contributed by atoms with E-state index in [1.807, 2.05) is 0 Å². The Morgan fingerprint density at radius 3 is 1.60 bits per heavy atom. The first kappa shape index (κ1) is 22.2. The Morgan fingerprint density at radius 2 is 1.07 bits per heavy atom. The third-order valence-electron chi connectivity index (χ3n) is 8.76. The average molecular weight is 421 g/mol. The topological polar surface area (TPSA) is 0 Å². The monoisotopic (exact) mass is 420 g/mol. The van der Waals surface area contributed by atoms with Gasteiger partial charge in [-0.05, 0) is 85.8 Å². The molecule has 0 unspecified atom stereocenters. The van der Waals surface area contributed by atoms with Crippen molar-refractivity contribution in [2.75, 3.05) is 0 Å². The van der Waals surface area contributed by atoms with E-state index in [0.29, 0.717) is 5.56 Å². The van der Waals surface area contributed by atoms with E-state index < -0.39 is 17.5 Å². The van der Waals surface area contributed by atoms with Crippen LogP contribution in [0, 0.1) is 41.1 Å². The average Bonchev–Trinajstić information content (AvgIpc) is 3.29. The van der Waals surface area contributed by atoms with Crippen LogP contribution < -0.4 is 0 Å². The highest BCUT2D eigenvalue weighted by molar-refractivity contribution is 5.23. The van der Waals surface area contributed by atoms with Crippen LogP contribution in [0.5, 0.6) is 0 Å².